The Morgan fingerprint density at radius 3 is 2.38 bits per heavy atom. The highest BCUT2D eigenvalue weighted by molar-refractivity contribution is 8.35. The summed E-state index contributed by atoms with van der Waals surface area (Å²) in [4.78, 5) is 25.1. The molecule has 1 aromatic heterocycles. The van der Waals surface area contributed by atoms with Crippen LogP contribution in [-0.4, -0.2) is 34.9 Å². The molecule has 0 fully saturated rings. The summed E-state index contributed by atoms with van der Waals surface area (Å²) < 4.78 is 6.76. The maximum Gasteiger partial charge on any atom is 0.329 e. The molecule has 0 spiro atoms. The summed E-state index contributed by atoms with van der Waals surface area (Å²) in [7, 11) is -0.993. The first-order chi connectivity index (χ1) is 13.3. The Morgan fingerprint density at radius 1 is 1.17 bits per heavy atom. The van der Waals surface area contributed by atoms with E-state index in [4.69, 9.17) is 16.3 Å². The van der Waals surface area contributed by atoms with E-state index in [0.29, 0.717) is 10.6 Å². The molecular formula is C23H28ClNO3S. The Balaban J connectivity index is 2.45. The van der Waals surface area contributed by atoms with Crippen LogP contribution in [0.3, 0.4) is 0 Å². The van der Waals surface area contributed by atoms with E-state index in [0.717, 1.165) is 11.1 Å². The molecule has 0 amide bonds. The van der Waals surface area contributed by atoms with Crippen LogP contribution >= 0.6 is 21.6 Å². The Kier molecular flexibility index (Phi) is 6.93. The zero-order chi connectivity index (χ0) is 22.0. The van der Waals surface area contributed by atoms with Gasteiger partial charge in [0, 0.05) is 22.8 Å². The van der Waals surface area contributed by atoms with Crippen LogP contribution in [0.25, 0.3) is 11.1 Å². The molecule has 0 aliphatic heterocycles. The third-order valence-electron chi connectivity index (χ3n) is 3.90. The van der Waals surface area contributed by atoms with Crippen LogP contribution in [0.2, 0.25) is 5.02 Å². The van der Waals surface area contributed by atoms with Gasteiger partial charge in [-0.2, -0.15) is 10.0 Å². The number of carbonyl (C=O) groups is 1. The second kappa shape index (κ2) is 8.69. The lowest BCUT2D eigenvalue weighted by atomic mass is 10.0. The smallest absolute Gasteiger partial charge is 0.329 e. The molecule has 1 unspecified atom stereocenters. The zero-order valence-corrected chi connectivity index (χ0v) is 19.6. The molecule has 0 aliphatic rings. The van der Waals surface area contributed by atoms with Crippen molar-refractivity contribution in [1.29, 1.82) is 0 Å². The van der Waals surface area contributed by atoms with Crippen molar-refractivity contribution in [1.82, 2.24) is 4.57 Å². The van der Waals surface area contributed by atoms with E-state index in [9.17, 15) is 9.59 Å². The van der Waals surface area contributed by atoms with Crippen molar-refractivity contribution in [2.75, 3.05) is 18.8 Å². The van der Waals surface area contributed by atoms with Gasteiger partial charge in [-0.15, -0.1) is 0 Å². The van der Waals surface area contributed by atoms with Crippen LogP contribution in [0, 0.1) is 11.2 Å². The summed E-state index contributed by atoms with van der Waals surface area (Å²) >= 11 is 6.19. The first kappa shape index (κ1) is 23.1. The van der Waals surface area contributed by atoms with E-state index in [2.05, 4.69) is 29.9 Å². The molecule has 2 aromatic rings. The van der Waals surface area contributed by atoms with Crippen molar-refractivity contribution in [2.24, 2.45) is 0 Å². The maximum absolute atomic E-state index is 12.7. The van der Waals surface area contributed by atoms with E-state index in [1.807, 2.05) is 6.07 Å². The summed E-state index contributed by atoms with van der Waals surface area (Å²) in [6, 6.07) is 8.03. The first-order valence-electron chi connectivity index (χ1n) is 9.23. The number of pyridine rings is 1. The van der Waals surface area contributed by atoms with Crippen LogP contribution in [-0.2, 0) is 9.53 Å². The van der Waals surface area contributed by atoms with Crippen molar-refractivity contribution in [3.05, 3.63) is 57.5 Å². The minimum atomic E-state index is -0.993. The van der Waals surface area contributed by atoms with Gasteiger partial charge in [0.25, 0.3) is 5.56 Å². The Hall–Kier alpha value is -2.16. The minimum Gasteiger partial charge on any atom is -0.458 e. The number of rotatable bonds is 3. The van der Waals surface area contributed by atoms with Gasteiger partial charge in [0.05, 0.1) is 0 Å². The quantitative estimate of drug-likeness (QED) is 0.501. The number of nitrogens with zero attached hydrogens (tertiary/aromatic N) is 1. The lowest BCUT2D eigenvalue weighted by Crippen LogP contribution is -2.33. The van der Waals surface area contributed by atoms with Crippen LogP contribution in [0.4, 0.5) is 0 Å². The highest BCUT2D eigenvalue weighted by atomic mass is 35.5. The van der Waals surface area contributed by atoms with Crippen LogP contribution in [0.1, 0.15) is 39.3 Å². The number of benzene rings is 1. The summed E-state index contributed by atoms with van der Waals surface area (Å²) in [6.45, 7) is 7.04. The molecule has 156 valence electrons. The van der Waals surface area contributed by atoms with E-state index in [1.165, 1.54) is 10.6 Å². The summed E-state index contributed by atoms with van der Waals surface area (Å²) in [5.74, 6) is 2.78. The van der Waals surface area contributed by atoms with Crippen molar-refractivity contribution in [2.45, 2.75) is 39.3 Å². The average molecular weight is 434 g/mol. The van der Waals surface area contributed by atoms with Gasteiger partial charge in [-0.3, -0.25) is 4.79 Å². The Labute approximate surface area is 179 Å². The Bertz CT molecular complexity index is 1030. The number of hydrogen-bond donors (Lipinski definition) is 0. The third-order valence-corrected chi connectivity index (χ3v) is 4.85. The van der Waals surface area contributed by atoms with Crippen molar-refractivity contribution in [3.8, 4) is 22.3 Å². The molecule has 0 saturated heterocycles. The number of halogens is 1. The Morgan fingerprint density at radius 2 is 1.83 bits per heavy atom. The fourth-order valence-electron chi connectivity index (χ4n) is 2.55. The molecule has 1 heterocycles. The van der Waals surface area contributed by atoms with Gasteiger partial charge in [-0.25, -0.2) is 4.79 Å². The van der Waals surface area contributed by atoms with Gasteiger partial charge in [-0.05, 0) is 87.1 Å². The highest BCUT2D eigenvalue weighted by Gasteiger charge is 2.23. The first-order valence-corrected chi connectivity index (χ1v) is 12.5. The van der Waals surface area contributed by atoms with Gasteiger partial charge in [0.15, 0.2) is 0 Å². The maximum atomic E-state index is 12.7. The normalized spacial score (nSPS) is 13.2. The highest BCUT2D eigenvalue weighted by Crippen LogP contribution is 2.33. The number of carbonyl (C=O) groups excluding carboxylic acids is 1. The fourth-order valence-corrected chi connectivity index (χ4v) is 3.14. The SMILES string of the molecule is CC(C(=O)OC(C)(C)C)n1ccc(-c2cc(Cl)ccc2C#CS(C)(C)C)cc1=O. The number of ether oxygens (including phenoxy) is 1. The zero-order valence-electron chi connectivity index (χ0n) is 18.0. The van der Waals surface area contributed by atoms with Crippen LogP contribution in [0.5, 0.6) is 0 Å². The molecule has 1 atom stereocenters. The summed E-state index contributed by atoms with van der Waals surface area (Å²) in [5.41, 5.74) is 1.41. The summed E-state index contributed by atoms with van der Waals surface area (Å²) in [5, 5.41) is 3.86. The molecule has 0 saturated carbocycles. The fraction of sp³-hybridized carbons (Fsp3) is 0.391. The second-order valence-electron chi connectivity index (χ2n) is 8.62. The minimum absolute atomic E-state index is 0.291. The van der Waals surface area contributed by atoms with E-state index >= 15 is 0 Å². The topological polar surface area (TPSA) is 48.3 Å². The standard InChI is InChI=1S/C23H28ClNO3S/c1-16(22(27)28-23(2,3)4)25-12-10-18(14-21(25)26)20-15-19(24)9-8-17(20)11-13-29(5,6)7/h8-10,12,14-16H,1-7H3. The second-order valence-corrected chi connectivity index (χ2v) is 12.9. The monoisotopic (exact) mass is 433 g/mol. The van der Waals surface area contributed by atoms with E-state index in [-0.39, 0.29) is 5.56 Å². The predicted molar refractivity (Wildman–Crippen MR) is 124 cm³/mol. The molecule has 0 N–H and O–H groups in total. The summed E-state index contributed by atoms with van der Waals surface area (Å²) in [6.07, 6.45) is 7.97. The molecule has 0 bridgehead atoms. The van der Waals surface area contributed by atoms with E-state index in [1.54, 1.807) is 52.1 Å². The largest absolute Gasteiger partial charge is 0.458 e. The van der Waals surface area contributed by atoms with Gasteiger partial charge in [-0.1, -0.05) is 17.5 Å². The van der Waals surface area contributed by atoms with Gasteiger partial charge in [0.1, 0.15) is 11.6 Å². The number of esters is 1. The predicted octanol–water partition coefficient (Wildman–Crippen LogP) is 5.07. The van der Waals surface area contributed by atoms with Crippen molar-refractivity contribution in [3.63, 3.8) is 0 Å². The van der Waals surface area contributed by atoms with Crippen LogP contribution < -0.4 is 5.56 Å². The van der Waals surface area contributed by atoms with Gasteiger partial charge in [0.2, 0.25) is 0 Å². The van der Waals surface area contributed by atoms with Crippen LogP contribution in [0.15, 0.2) is 41.3 Å². The van der Waals surface area contributed by atoms with Crippen molar-refractivity contribution < 1.29 is 9.53 Å². The van der Waals surface area contributed by atoms with Gasteiger partial charge < -0.3 is 9.30 Å². The lowest BCUT2D eigenvalue weighted by molar-refractivity contribution is -0.158. The van der Waals surface area contributed by atoms with Gasteiger partial charge >= 0.3 is 5.97 Å². The third kappa shape index (κ3) is 6.69. The number of aromatic nitrogens is 1. The van der Waals surface area contributed by atoms with Crippen molar-refractivity contribution >= 4 is 27.6 Å². The molecule has 2 rings (SSSR count). The molecule has 1 aromatic carbocycles. The molecule has 4 nitrogen and oxygen atoms in total. The molecule has 29 heavy (non-hydrogen) atoms. The lowest BCUT2D eigenvalue weighted by Gasteiger charge is -2.23. The molecule has 0 radical (unpaired) electrons. The molecular weight excluding hydrogens is 406 g/mol. The molecule has 6 heteroatoms. The average Bonchev–Trinajstić information content (AvgIpc) is 2.57. The van der Waals surface area contributed by atoms with E-state index < -0.39 is 27.6 Å². The molecule has 0 aliphatic carbocycles. The number of hydrogen-bond acceptors (Lipinski definition) is 3.